The van der Waals surface area contributed by atoms with E-state index in [1.54, 1.807) is 6.92 Å². The molecule has 1 unspecified atom stereocenters. The SMILES string of the molecule is CCC1(C(=O)O)CCCN1S(=O)(=O)C1CC1. The Morgan fingerprint density at radius 3 is 2.56 bits per heavy atom. The molecule has 0 aromatic carbocycles. The third kappa shape index (κ3) is 1.55. The highest BCUT2D eigenvalue weighted by Gasteiger charge is 2.55. The predicted octanol–water partition coefficient (Wildman–Crippen LogP) is 0.808. The fourth-order valence-corrected chi connectivity index (χ4v) is 4.75. The van der Waals surface area contributed by atoms with E-state index in [0.717, 1.165) is 0 Å². The summed E-state index contributed by atoms with van der Waals surface area (Å²) in [6.07, 6.45) is 2.78. The van der Waals surface area contributed by atoms with Gasteiger partial charge in [0.05, 0.1) is 5.25 Å². The van der Waals surface area contributed by atoms with Crippen molar-refractivity contribution in [3.05, 3.63) is 0 Å². The molecule has 0 bridgehead atoms. The van der Waals surface area contributed by atoms with Gasteiger partial charge in [-0.05, 0) is 32.1 Å². The zero-order valence-corrected chi connectivity index (χ0v) is 10.2. The third-order valence-electron chi connectivity index (χ3n) is 3.66. The van der Waals surface area contributed by atoms with E-state index in [0.29, 0.717) is 38.6 Å². The Balaban J connectivity index is 2.36. The van der Waals surface area contributed by atoms with Crippen LogP contribution in [0.4, 0.5) is 0 Å². The standard InChI is InChI=1S/C10H17NO4S/c1-2-10(9(12)13)6-3-7-11(10)16(14,15)8-4-5-8/h8H,2-7H2,1H3,(H,12,13). The molecule has 0 aromatic heterocycles. The lowest BCUT2D eigenvalue weighted by atomic mass is 9.95. The van der Waals surface area contributed by atoms with E-state index < -0.39 is 21.5 Å². The van der Waals surface area contributed by atoms with E-state index in [1.807, 2.05) is 0 Å². The molecule has 2 fully saturated rings. The van der Waals surface area contributed by atoms with Crippen LogP contribution < -0.4 is 0 Å². The first-order valence-electron chi connectivity index (χ1n) is 5.70. The van der Waals surface area contributed by atoms with Gasteiger partial charge in [-0.15, -0.1) is 0 Å². The highest BCUT2D eigenvalue weighted by molar-refractivity contribution is 7.90. The number of rotatable bonds is 4. The van der Waals surface area contributed by atoms with E-state index in [1.165, 1.54) is 4.31 Å². The first-order chi connectivity index (χ1) is 7.45. The van der Waals surface area contributed by atoms with Gasteiger partial charge in [0, 0.05) is 6.54 Å². The summed E-state index contributed by atoms with van der Waals surface area (Å²) in [5, 5.41) is 8.97. The summed E-state index contributed by atoms with van der Waals surface area (Å²) in [4.78, 5) is 11.3. The Labute approximate surface area is 95.5 Å². The average molecular weight is 247 g/mol. The molecule has 5 nitrogen and oxygen atoms in total. The minimum atomic E-state index is -3.38. The van der Waals surface area contributed by atoms with Crippen molar-refractivity contribution in [1.82, 2.24) is 4.31 Å². The second-order valence-corrected chi connectivity index (χ2v) is 6.75. The second kappa shape index (κ2) is 3.70. The van der Waals surface area contributed by atoms with Crippen molar-refractivity contribution in [2.45, 2.75) is 49.8 Å². The van der Waals surface area contributed by atoms with Crippen LogP contribution in [0.15, 0.2) is 0 Å². The molecular weight excluding hydrogens is 230 g/mol. The topological polar surface area (TPSA) is 74.7 Å². The zero-order chi connectivity index (χ0) is 12.0. The van der Waals surface area contributed by atoms with E-state index in [2.05, 4.69) is 0 Å². The van der Waals surface area contributed by atoms with Crippen molar-refractivity contribution in [3.63, 3.8) is 0 Å². The molecule has 1 saturated heterocycles. The number of carboxylic acid groups (broad SMARTS) is 1. The number of nitrogens with zero attached hydrogens (tertiary/aromatic N) is 1. The molecule has 1 saturated carbocycles. The quantitative estimate of drug-likeness (QED) is 0.797. The average Bonchev–Trinajstić information content (AvgIpc) is 2.97. The van der Waals surface area contributed by atoms with Gasteiger partial charge in [0.2, 0.25) is 10.0 Å². The number of carboxylic acids is 1. The first kappa shape index (κ1) is 11.9. The summed E-state index contributed by atoms with van der Waals surface area (Å²) in [6.45, 7) is 2.10. The monoisotopic (exact) mass is 247 g/mol. The third-order valence-corrected chi connectivity index (χ3v) is 6.13. The summed E-state index contributed by atoms with van der Waals surface area (Å²) in [5.41, 5.74) is -1.18. The molecule has 16 heavy (non-hydrogen) atoms. The van der Waals surface area contributed by atoms with Gasteiger partial charge in [-0.2, -0.15) is 4.31 Å². The van der Waals surface area contributed by atoms with Gasteiger partial charge < -0.3 is 5.11 Å². The molecule has 1 aliphatic carbocycles. The van der Waals surface area contributed by atoms with Crippen LogP contribution in [0.1, 0.15) is 39.0 Å². The molecule has 92 valence electrons. The van der Waals surface area contributed by atoms with Crippen LogP contribution in [-0.4, -0.2) is 41.1 Å². The Morgan fingerprint density at radius 1 is 1.50 bits per heavy atom. The molecule has 0 aromatic rings. The van der Waals surface area contributed by atoms with Crippen LogP contribution in [-0.2, 0) is 14.8 Å². The van der Waals surface area contributed by atoms with Crippen molar-refractivity contribution in [3.8, 4) is 0 Å². The molecule has 1 N–H and O–H groups in total. The second-order valence-electron chi connectivity index (χ2n) is 4.61. The van der Waals surface area contributed by atoms with Crippen LogP contribution in [0, 0.1) is 0 Å². The molecule has 0 amide bonds. The number of hydrogen-bond donors (Lipinski definition) is 1. The normalized spacial score (nSPS) is 31.8. The van der Waals surface area contributed by atoms with Crippen molar-refractivity contribution in [2.75, 3.05) is 6.54 Å². The van der Waals surface area contributed by atoms with Crippen LogP contribution >= 0.6 is 0 Å². The molecule has 2 rings (SSSR count). The minimum absolute atomic E-state index is 0.323. The first-order valence-corrected chi connectivity index (χ1v) is 7.20. The molecule has 1 atom stereocenters. The Kier molecular flexibility index (Phi) is 2.74. The molecule has 1 heterocycles. The van der Waals surface area contributed by atoms with Crippen molar-refractivity contribution >= 4 is 16.0 Å². The highest BCUT2D eigenvalue weighted by atomic mass is 32.2. The summed E-state index contributed by atoms with van der Waals surface area (Å²) in [7, 11) is -3.38. The maximum atomic E-state index is 12.1. The van der Waals surface area contributed by atoms with Crippen LogP contribution in [0.25, 0.3) is 0 Å². The zero-order valence-electron chi connectivity index (χ0n) is 9.35. The van der Waals surface area contributed by atoms with E-state index in [-0.39, 0.29) is 5.25 Å². The summed E-state index contributed by atoms with van der Waals surface area (Å²) >= 11 is 0. The summed E-state index contributed by atoms with van der Waals surface area (Å²) in [5.74, 6) is -1.00. The molecule has 6 heteroatoms. The predicted molar refractivity (Wildman–Crippen MR) is 58.5 cm³/mol. The molecule has 1 aliphatic heterocycles. The molecule has 0 radical (unpaired) electrons. The van der Waals surface area contributed by atoms with Crippen molar-refractivity contribution in [2.24, 2.45) is 0 Å². The van der Waals surface area contributed by atoms with Gasteiger partial charge in [-0.25, -0.2) is 8.42 Å². The van der Waals surface area contributed by atoms with Gasteiger partial charge in [0.1, 0.15) is 5.54 Å². The maximum Gasteiger partial charge on any atom is 0.325 e. The van der Waals surface area contributed by atoms with E-state index in [9.17, 15) is 18.3 Å². The number of sulfonamides is 1. The van der Waals surface area contributed by atoms with Gasteiger partial charge in [-0.1, -0.05) is 6.92 Å². The number of carbonyl (C=O) groups is 1. The molecular formula is C10H17NO4S. The number of hydrogen-bond acceptors (Lipinski definition) is 3. The minimum Gasteiger partial charge on any atom is -0.480 e. The van der Waals surface area contributed by atoms with E-state index in [4.69, 9.17) is 0 Å². The van der Waals surface area contributed by atoms with Gasteiger partial charge in [0.15, 0.2) is 0 Å². The lowest BCUT2D eigenvalue weighted by Gasteiger charge is -2.32. The van der Waals surface area contributed by atoms with Crippen LogP contribution in [0.3, 0.4) is 0 Å². The smallest absolute Gasteiger partial charge is 0.325 e. The Bertz CT molecular complexity index is 401. The highest BCUT2D eigenvalue weighted by Crippen LogP contribution is 2.41. The Hall–Kier alpha value is -0.620. The number of aliphatic carboxylic acids is 1. The molecule has 0 spiro atoms. The van der Waals surface area contributed by atoms with Gasteiger partial charge in [0.25, 0.3) is 0 Å². The van der Waals surface area contributed by atoms with Gasteiger partial charge in [-0.3, -0.25) is 4.79 Å². The lowest BCUT2D eigenvalue weighted by molar-refractivity contribution is -0.147. The fraction of sp³-hybridized carbons (Fsp3) is 0.900. The van der Waals surface area contributed by atoms with Crippen LogP contribution in [0.5, 0.6) is 0 Å². The lowest BCUT2D eigenvalue weighted by Crippen LogP contribution is -2.53. The van der Waals surface area contributed by atoms with Crippen LogP contribution in [0.2, 0.25) is 0 Å². The largest absolute Gasteiger partial charge is 0.480 e. The van der Waals surface area contributed by atoms with Crippen molar-refractivity contribution < 1.29 is 18.3 Å². The summed E-state index contributed by atoms with van der Waals surface area (Å²) in [6, 6.07) is 0. The fourth-order valence-electron chi connectivity index (χ4n) is 2.49. The van der Waals surface area contributed by atoms with E-state index >= 15 is 0 Å². The Morgan fingerprint density at radius 2 is 2.12 bits per heavy atom. The van der Waals surface area contributed by atoms with Gasteiger partial charge >= 0.3 is 5.97 Å². The maximum absolute atomic E-state index is 12.1. The molecule has 2 aliphatic rings. The van der Waals surface area contributed by atoms with Crippen molar-refractivity contribution in [1.29, 1.82) is 0 Å². The summed E-state index contributed by atoms with van der Waals surface area (Å²) < 4.78 is 25.5.